The molecule has 0 heterocycles. The summed E-state index contributed by atoms with van der Waals surface area (Å²) >= 11 is 0. The van der Waals surface area contributed by atoms with Gasteiger partial charge < -0.3 is 20.1 Å². The first kappa shape index (κ1) is 38.1. The van der Waals surface area contributed by atoms with Gasteiger partial charge in [0.15, 0.2) is 0 Å². The van der Waals surface area contributed by atoms with E-state index < -0.39 is 11.6 Å². The van der Waals surface area contributed by atoms with Gasteiger partial charge in [-0.15, -0.1) is 0 Å². The number of aliphatic hydroxyl groups is 2. The van der Waals surface area contributed by atoms with Crippen molar-refractivity contribution in [1.82, 2.24) is 0 Å². The van der Waals surface area contributed by atoms with Crippen LogP contribution in [0.2, 0.25) is 0 Å². The zero-order valence-corrected chi connectivity index (χ0v) is 28.0. The number of hydrogen-bond acceptors (Lipinski definition) is 4. The predicted molar refractivity (Wildman–Crippen MR) is 172 cm³/mol. The van der Waals surface area contributed by atoms with Crippen molar-refractivity contribution < 1.29 is 24.9 Å². The summed E-state index contributed by atoms with van der Waals surface area (Å²) in [4.78, 5) is 11.0. The van der Waals surface area contributed by atoms with Crippen molar-refractivity contribution in [3.63, 3.8) is 0 Å². The van der Waals surface area contributed by atoms with Gasteiger partial charge in [-0.3, -0.25) is 4.79 Å². The quantitative estimate of drug-likeness (QED) is 0.0828. The first-order valence-electron chi connectivity index (χ1n) is 17.3. The molecular formula is C36H68O5. The summed E-state index contributed by atoms with van der Waals surface area (Å²) in [7, 11) is 0. The number of carboxylic acids is 1. The van der Waals surface area contributed by atoms with Crippen LogP contribution in [0.5, 0.6) is 0 Å². The summed E-state index contributed by atoms with van der Waals surface area (Å²) in [5.74, 6) is 0.731. The van der Waals surface area contributed by atoms with Gasteiger partial charge in [0.2, 0.25) is 0 Å². The zero-order chi connectivity index (χ0) is 30.8. The molecule has 1 saturated carbocycles. The molecule has 0 radical (unpaired) electrons. The molecule has 41 heavy (non-hydrogen) atoms. The maximum Gasteiger partial charge on any atom is 0.306 e. The highest BCUT2D eigenvalue weighted by molar-refractivity contribution is 5.69. The average molecular weight is 581 g/mol. The first-order valence-corrected chi connectivity index (χ1v) is 17.3. The molecular weight excluding hydrogens is 512 g/mol. The van der Waals surface area contributed by atoms with E-state index in [1.165, 1.54) is 56.9 Å². The Morgan fingerprint density at radius 3 is 2.34 bits per heavy atom. The number of aliphatic carboxylic acids is 1. The number of allylic oxidation sites excluding steroid dienone is 2. The molecule has 0 bridgehead atoms. The second kappa shape index (κ2) is 20.9. The van der Waals surface area contributed by atoms with Gasteiger partial charge in [0.1, 0.15) is 0 Å². The summed E-state index contributed by atoms with van der Waals surface area (Å²) in [6.07, 6.45) is 20.4. The second-order valence-electron chi connectivity index (χ2n) is 14.2. The topological polar surface area (TPSA) is 87.0 Å². The van der Waals surface area contributed by atoms with Crippen molar-refractivity contribution in [3.8, 4) is 0 Å². The Morgan fingerprint density at radius 2 is 1.66 bits per heavy atom. The summed E-state index contributed by atoms with van der Waals surface area (Å²) in [5, 5.41) is 30.4. The fraction of sp³-hybridized carbons (Fsp3) is 0.917. The van der Waals surface area contributed by atoms with E-state index in [1.807, 2.05) is 6.92 Å². The third-order valence-corrected chi connectivity index (χ3v) is 10.0. The third-order valence-electron chi connectivity index (χ3n) is 10.0. The normalized spacial score (nSPS) is 26.5. The Hall–Kier alpha value is -0.910. The SMILES string of the molecule is CCCCCCCCOC1C(CCC(C)CCC/C(C)=C/CCC(C)(O)CCCC(C)C(=O)O)CC(O)C(C)C1C. The monoisotopic (exact) mass is 581 g/mol. The smallest absolute Gasteiger partial charge is 0.306 e. The molecule has 1 aliphatic carbocycles. The van der Waals surface area contributed by atoms with Crippen LogP contribution in [0.15, 0.2) is 11.6 Å². The molecule has 8 atom stereocenters. The van der Waals surface area contributed by atoms with Gasteiger partial charge in [-0.1, -0.05) is 91.2 Å². The zero-order valence-electron chi connectivity index (χ0n) is 28.0. The Labute approximate surface area is 253 Å². The molecule has 5 nitrogen and oxygen atoms in total. The van der Waals surface area contributed by atoms with Crippen molar-refractivity contribution >= 4 is 5.97 Å². The van der Waals surface area contributed by atoms with E-state index >= 15 is 0 Å². The highest BCUT2D eigenvalue weighted by atomic mass is 16.5. The molecule has 242 valence electrons. The van der Waals surface area contributed by atoms with Gasteiger partial charge in [0.25, 0.3) is 0 Å². The number of ether oxygens (including phenoxy) is 1. The lowest BCUT2D eigenvalue weighted by atomic mass is 9.70. The van der Waals surface area contributed by atoms with Crippen LogP contribution in [-0.2, 0) is 9.53 Å². The highest BCUT2D eigenvalue weighted by Gasteiger charge is 2.40. The molecule has 0 amide bonds. The van der Waals surface area contributed by atoms with Crippen LogP contribution in [0.1, 0.15) is 158 Å². The maximum absolute atomic E-state index is 11.0. The lowest BCUT2D eigenvalue weighted by molar-refractivity contribution is -0.141. The minimum absolute atomic E-state index is 0.207. The summed E-state index contributed by atoms with van der Waals surface area (Å²) in [6.45, 7) is 15.8. The summed E-state index contributed by atoms with van der Waals surface area (Å²) < 4.78 is 6.52. The Balaban J connectivity index is 2.36. The van der Waals surface area contributed by atoms with Crippen molar-refractivity contribution in [3.05, 3.63) is 11.6 Å². The van der Waals surface area contributed by atoms with Crippen LogP contribution in [0.25, 0.3) is 0 Å². The number of aliphatic hydroxyl groups excluding tert-OH is 1. The number of rotatable bonds is 23. The van der Waals surface area contributed by atoms with Crippen LogP contribution in [-0.4, -0.2) is 45.7 Å². The molecule has 1 rings (SSSR count). The molecule has 0 aromatic carbocycles. The van der Waals surface area contributed by atoms with E-state index in [0.717, 1.165) is 45.1 Å². The fourth-order valence-corrected chi connectivity index (χ4v) is 6.55. The van der Waals surface area contributed by atoms with Crippen LogP contribution in [0.4, 0.5) is 0 Å². The Morgan fingerprint density at radius 1 is 0.976 bits per heavy atom. The van der Waals surface area contributed by atoms with Gasteiger partial charge in [-0.2, -0.15) is 0 Å². The largest absolute Gasteiger partial charge is 0.481 e. The maximum atomic E-state index is 11.0. The van der Waals surface area contributed by atoms with Gasteiger partial charge in [0.05, 0.1) is 23.7 Å². The third kappa shape index (κ3) is 16.5. The van der Waals surface area contributed by atoms with Crippen molar-refractivity contribution in [2.75, 3.05) is 6.61 Å². The van der Waals surface area contributed by atoms with E-state index in [9.17, 15) is 15.0 Å². The van der Waals surface area contributed by atoms with Gasteiger partial charge >= 0.3 is 5.97 Å². The van der Waals surface area contributed by atoms with E-state index in [0.29, 0.717) is 42.9 Å². The highest BCUT2D eigenvalue weighted by Crippen LogP contribution is 2.39. The minimum Gasteiger partial charge on any atom is -0.481 e. The van der Waals surface area contributed by atoms with E-state index in [1.54, 1.807) is 6.92 Å². The Bertz CT molecular complexity index is 717. The molecule has 0 aliphatic heterocycles. The molecule has 0 aromatic rings. The van der Waals surface area contributed by atoms with Crippen molar-refractivity contribution in [2.45, 2.75) is 175 Å². The molecule has 0 saturated heterocycles. The lowest BCUT2D eigenvalue weighted by Crippen LogP contribution is -2.45. The van der Waals surface area contributed by atoms with E-state index in [2.05, 4.69) is 40.7 Å². The van der Waals surface area contributed by atoms with E-state index in [4.69, 9.17) is 9.84 Å². The minimum atomic E-state index is -0.758. The van der Waals surface area contributed by atoms with Crippen molar-refractivity contribution in [1.29, 1.82) is 0 Å². The molecule has 8 unspecified atom stereocenters. The molecule has 0 spiro atoms. The number of hydrogen-bond donors (Lipinski definition) is 3. The van der Waals surface area contributed by atoms with Crippen LogP contribution in [0, 0.1) is 29.6 Å². The van der Waals surface area contributed by atoms with Crippen LogP contribution < -0.4 is 0 Å². The van der Waals surface area contributed by atoms with Crippen LogP contribution in [0.3, 0.4) is 0 Å². The van der Waals surface area contributed by atoms with Gasteiger partial charge in [-0.05, 0) is 102 Å². The second-order valence-corrected chi connectivity index (χ2v) is 14.2. The number of carbonyl (C=O) groups is 1. The lowest BCUT2D eigenvalue weighted by Gasteiger charge is -2.43. The summed E-state index contributed by atoms with van der Waals surface area (Å²) in [5.41, 5.74) is 0.663. The Kier molecular flexibility index (Phi) is 19.4. The molecule has 1 fully saturated rings. The first-order chi connectivity index (χ1) is 19.4. The predicted octanol–water partition coefficient (Wildman–Crippen LogP) is 9.34. The molecule has 0 aromatic heterocycles. The van der Waals surface area contributed by atoms with Crippen molar-refractivity contribution in [2.24, 2.45) is 29.6 Å². The molecule has 3 N–H and O–H groups in total. The molecule has 1 aliphatic rings. The molecule has 5 heteroatoms. The number of carboxylic acid groups (broad SMARTS) is 1. The van der Waals surface area contributed by atoms with Gasteiger partial charge in [0, 0.05) is 6.61 Å². The fourth-order valence-electron chi connectivity index (χ4n) is 6.55. The standard InChI is InChI=1S/C36H68O5/c1-8-9-10-11-12-13-25-41-34-31(6)30(5)33(37)26-32(34)22-21-28(3)18-14-17-27(2)19-15-23-36(7,40)24-16-20-29(4)35(38)39/h19,28-34,37,40H,8-18,20-26H2,1-7H3,(H,38,39)/b27-19+. The number of unbranched alkanes of at least 4 members (excludes halogenated alkanes) is 5. The van der Waals surface area contributed by atoms with Crippen LogP contribution >= 0.6 is 0 Å². The van der Waals surface area contributed by atoms with Gasteiger partial charge in [-0.25, -0.2) is 0 Å². The average Bonchev–Trinajstić information content (AvgIpc) is 2.90. The summed E-state index contributed by atoms with van der Waals surface area (Å²) in [6, 6.07) is 0. The van der Waals surface area contributed by atoms with E-state index in [-0.39, 0.29) is 18.1 Å².